The van der Waals surface area contributed by atoms with Crippen LogP contribution in [0, 0.1) is 18.3 Å². The van der Waals surface area contributed by atoms with Gasteiger partial charge in [0.2, 0.25) is 0 Å². The predicted molar refractivity (Wildman–Crippen MR) is 65.5 cm³/mol. The van der Waals surface area contributed by atoms with Crippen molar-refractivity contribution in [1.82, 2.24) is 0 Å². The number of nitrogens with zero attached hydrogens (tertiary/aromatic N) is 1. The van der Waals surface area contributed by atoms with Crippen LogP contribution in [-0.4, -0.2) is 12.6 Å². The van der Waals surface area contributed by atoms with Gasteiger partial charge in [0.05, 0.1) is 19.1 Å². The molecule has 1 aromatic rings. The fourth-order valence-corrected chi connectivity index (χ4v) is 1.68. The first kappa shape index (κ1) is 13.2. The third-order valence-corrected chi connectivity index (χ3v) is 2.57. The SMILES string of the molecule is CCOC(=O)Cc1ccc(CCC#N)cc1C. The maximum Gasteiger partial charge on any atom is 0.310 e. The molecule has 0 spiro atoms. The summed E-state index contributed by atoms with van der Waals surface area (Å²) in [5.41, 5.74) is 3.20. The summed E-state index contributed by atoms with van der Waals surface area (Å²) >= 11 is 0. The third-order valence-electron chi connectivity index (χ3n) is 2.57. The first-order chi connectivity index (χ1) is 8.17. The number of esters is 1. The van der Waals surface area contributed by atoms with Crippen molar-refractivity contribution in [3.63, 3.8) is 0 Å². The standard InChI is InChI=1S/C14H17NO2/c1-3-17-14(16)10-13-7-6-12(5-4-8-15)9-11(13)2/h6-7,9H,3-5,10H2,1-2H3. The summed E-state index contributed by atoms with van der Waals surface area (Å²) in [6.45, 7) is 4.19. The molecule has 3 nitrogen and oxygen atoms in total. The highest BCUT2D eigenvalue weighted by Crippen LogP contribution is 2.13. The molecule has 0 heterocycles. The van der Waals surface area contributed by atoms with Crippen molar-refractivity contribution in [2.24, 2.45) is 0 Å². The Hall–Kier alpha value is -1.82. The largest absolute Gasteiger partial charge is 0.466 e. The lowest BCUT2D eigenvalue weighted by atomic mass is 10.0. The summed E-state index contributed by atoms with van der Waals surface area (Å²) in [5.74, 6) is -0.194. The van der Waals surface area contributed by atoms with E-state index in [1.54, 1.807) is 6.92 Å². The summed E-state index contributed by atoms with van der Waals surface area (Å²) in [5, 5.41) is 8.52. The first-order valence-corrected chi connectivity index (χ1v) is 5.78. The van der Waals surface area contributed by atoms with Crippen LogP contribution >= 0.6 is 0 Å². The number of hydrogen-bond acceptors (Lipinski definition) is 3. The average molecular weight is 231 g/mol. The normalized spacial score (nSPS) is 9.71. The number of carbonyl (C=O) groups excluding carboxylic acids is 1. The molecular formula is C14H17NO2. The highest BCUT2D eigenvalue weighted by molar-refractivity contribution is 5.73. The summed E-state index contributed by atoms with van der Waals surface area (Å²) in [7, 11) is 0. The van der Waals surface area contributed by atoms with Gasteiger partial charge in [-0.2, -0.15) is 5.26 Å². The van der Waals surface area contributed by atoms with Crippen molar-refractivity contribution in [1.29, 1.82) is 5.26 Å². The molecule has 1 rings (SSSR count). The Balaban J connectivity index is 2.69. The van der Waals surface area contributed by atoms with Gasteiger partial charge in [-0.25, -0.2) is 0 Å². The maximum atomic E-state index is 11.4. The van der Waals surface area contributed by atoms with Gasteiger partial charge in [-0.05, 0) is 37.0 Å². The molecule has 0 N–H and O–H groups in total. The van der Waals surface area contributed by atoms with Crippen LogP contribution in [0.2, 0.25) is 0 Å². The van der Waals surface area contributed by atoms with E-state index in [1.807, 2.05) is 25.1 Å². The topological polar surface area (TPSA) is 50.1 Å². The highest BCUT2D eigenvalue weighted by Gasteiger charge is 2.07. The smallest absolute Gasteiger partial charge is 0.310 e. The van der Waals surface area contributed by atoms with E-state index in [9.17, 15) is 4.79 Å². The van der Waals surface area contributed by atoms with Crippen molar-refractivity contribution in [3.8, 4) is 6.07 Å². The molecule has 0 saturated carbocycles. The lowest BCUT2D eigenvalue weighted by molar-refractivity contribution is -0.142. The van der Waals surface area contributed by atoms with Crippen molar-refractivity contribution >= 4 is 5.97 Å². The second-order valence-corrected chi connectivity index (χ2v) is 3.90. The molecule has 90 valence electrons. The van der Waals surface area contributed by atoms with Crippen LogP contribution in [0.25, 0.3) is 0 Å². The van der Waals surface area contributed by atoms with Crippen molar-refractivity contribution in [2.75, 3.05) is 6.61 Å². The van der Waals surface area contributed by atoms with Crippen LogP contribution < -0.4 is 0 Å². The van der Waals surface area contributed by atoms with Crippen LogP contribution in [0.15, 0.2) is 18.2 Å². The van der Waals surface area contributed by atoms with Gasteiger partial charge in [-0.15, -0.1) is 0 Å². The fraction of sp³-hybridized carbons (Fsp3) is 0.429. The third kappa shape index (κ3) is 4.28. The van der Waals surface area contributed by atoms with Crippen LogP contribution in [0.3, 0.4) is 0 Å². The van der Waals surface area contributed by atoms with Gasteiger partial charge in [-0.3, -0.25) is 4.79 Å². The fourth-order valence-electron chi connectivity index (χ4n) is 1.68. The predicted octanol–water partition coefficient (Wildman–Crippen LogP) is 2.56. The van der Waals surface area contributed by atoms with Gasteiger partial charge >= 0.3 is 5.97 Å². The van der Waals surface area contributed by atoms with E-state index in [0.717, 1.165) is 23.1 Å². The molecule has 0 aliphatic carbocycles. The molecule has 0 bridgehead atoms. The summed E-state index contributed by atoms with van der Waals surface area (Å²) in [4.78, 5) is 11.4. The minimum Gasteiger partial charge on any atom is -0.466 e. The van der Waals surface area contributed by atoms with E-state index in [-0.39, 0.29) is 5.97 Å². The Kier molecular flexibility index (Phi) is 5.22. The van der Waals surface area contributed by atoms with Gasteiger partial charge in [0.15, 0.2) is 0 Å². The minimum absolute atomic E-state index is 0.194. The number of benzene rings is 1. The molecule has 0 aliphatic heterocycles. The Morgan fingerprint density at radius 3 is 2.82 bits per heavy atom. The van der Waals surface area contributed by atoms with Crippen LogP contribution in [-0.2, 0) is 22.4 Å². The van der Waals surface area contributed by atoms with E-state index in [2.05, 4.69) is 6.07 Å². The molecule has 0 amide bonds. The van der Waals surface area contributed by atoms with E-state index < -0.39 is 0 Å². The number of nitriles is 1. The Bertz CT molecular complexity index is 432. The summed E-state index contributed by atoms with van der Waals surface area (Å²) in [6, 6.07) is 8.07. The zero-order valence-electron chi connectivity index (χ0n) is 10.3. The number of rotatable bonds is 5. The molecule has 0 saturated heterocycles. The maximum absolute atomic E-state index is 11.4. The quantitative estimate of drug-likeness (QED) is 0.732. The monoisotopic (exact) mass is 231 g/mol. The minimum atomic E-state index is -0.194. The Morgan fingerprint density at radius 1 is 1.47 bits per heavy atom. The van der Waals surface area contributed by atoms with E-state index in [4.69, 9.17) is 10.00 Å². The van der Waals surface area contributed by atoms with E-state index in [0.29, 0.717) is 19.4 Å². The average Bonchev–Trinajstić information content (AvgIpc) is 2.30. The van der Waals surface area contributed by atoms with Crippen LogP contribution in [0.1, 0.15) is 30.0 Å². The molecule has 3 heteroatoms. The number of carbonyl (C=O) groups is 1. The molecule has 0 aliphatic rings. The van der Waals surface area contributed by atoms with Gasteiger partial charge < -0.3 is 4.74 Å². The van der Waals surface area contributed by atoms with Gasteiger partial charge in [0.25, 0.3) is 0 Å². The summed E-state index contributed by atoms with van der Waals surface area (Å²) in [6.07, 6.45) is 1.60. The molecule has 17 heavy (non-hydrogen) atoms. The van der Waals surface area contributed by atoms with Crippen LogP contribution in [0.5, 0.6) is 0 Å². The summed E-state index contributed by atoms with van der Waals surface area (Å²) < 4.78 is 4.91. The van der Waals surface area contributed by atoms with Crippen molar-refractivity contribution in [3.05, 3.63) is 34.9 Å². The molecule has 0 radical (unpaired) electrons. The Morgan fingerprint density at radius 2 is 2.24 bits per heavy atom. The van der Waals surface area contributed by atoms with Gasteiger partial charge in [0.1, 0.15) is 0 Å². The lowest BCUT2D eigenvalue weighted by Gasteiger charge is -2.07. The Labute approximate surface area is 102 Å². The molecule has 0 unspecified atom stereocenters. The van der Waals surface area contributed by atoms with Crippen molar-refractivity contribution in [2.45, 2.75) is 33.1 Å². The molecule has 1 aromatic carbocycles. The molecule has 0 aromatic heterocycles. The molecule has 0 fully saturated rings. The zero-order chi connectivity index (χ0) is 12.7. The second-order valence-electron chi connectivity index (χ2n) is 3.90. The van der Waals surface area contributed by atoms with Gasteiger partial charge in [-0.1, -0.05) is 18.2 Å². The number of hydrogen-bond donors (Lipinski definition) is 0. The molecule has 0 atom stereocenters. The van der Waals surface area contributed by atoms with Crippen molar-refractivity contribution < 1.29 is 9.53 Å². The highest BCUT2D eigenvalue weighted by atomic mass is 16.5. The second kappa shape index (κ2) is 6.70. The number of ether oxygens (including phenoxy) is 1. The first-order valence-electron chi connectivity index (χ1n) is 5.78. The lowest BCUT2D eigenvalue weighted by Crippen LogP contribution is -2.08. The van der Waals surface area contributed by atoms with Gasteiger partial charge in [0, 0.05) is 6.42 Å². The van der Waals surface area contributed by atoms with E-state index >= 15 is 0 Å². The zero-order valence-corrected chi connectivity index (χ0v) is 10.3. The number of aryl methyl sites for hydroxylation is 2. The van der Waals surface area contributed by atoms with E-state index in [1.165, 1.54) is 0 Å². The molecular weight excluding hydrogens is 214 g/mol. The van der Waals surface area contributed by atoms with Crippen LogP contribution in [0.4, 0.5) is 0 Å².